The van der Waals surface area contributed by atoms with E-state index in [-0.39, 0.29) is 71.9 Å². The number of aliphatic carboxylic acids is 1. The van der Waals surface area contributed by atoms with E-state index in [0.29, 0.717) is 5.56 Å². The first-order valence-corrected chi connectivity index (χ1v) is 16.7. The van der Waals surface area contributed by atoms with Gasteiger partial charge in [-0.1, -0.05) is 24.3 Å². The van der Waals surface area contributed by atoms with Crippen molar-refractivity contribution in [2.45, 2.75) is 42.9 Å². The molecule has 1 aliphatic carbocycles. The average Bonchev–Trinajstić information content (AvgIpc) is 2.94. The van der Waals surface area contributed by atoms with E-state index in [1.165, 1.54) is 36.2 Å². The third kappa shape index (κ3) is 6.55. The van der Waals surface area contributed by atoms with E-state index in [2.05, 4.69) is 10.3 Å². The molecule has 2 aromatic carbocycles. The largest absolute Gasteiger partial charge is 0.482 e. The third-order valence-corrected chi connectivity index (χ3v) is 9.22. The summed E-state index contributed by atoms with van der Waals surface area (Å²) in [5, 5.41) is 10.1. The molecule has 13 nitrogen and oxygen atoms in total. The van der Waals surface area contributed by atoms with Gasteiger partial charge in [-0.25, -0.2) is 0 Å². The zero-order chi connectivity index (χ0) is 32.4. The van der Waals surface area contributed by atoms with E-state index in [4.69, 9.17) is 9.84 Å². The van der Waals surface area contributed by atoms with Crippen LogP contribution in [0.1, 0.15) is 48.2 Å². The highest BCUT2D eigenvalue weighted by atomic mass is 32.2. The van der Waals surface area contributed by atoms with Gasteiger partial charge in [0.1, 0.15) is 6.10 Å². The number of nitrogens with zero attached hydrogens (tertiary/aromatic N) is 2. The van der Waals surface area contributed by atoms with Crippen LogP contribution in [0.3, 0.4) is 0 Å². The predicted octanol–water partition coefficient (Wildman–Crippen LogP) is 3.15. The number of carboxylic acid groups (broad SMARTS) is 1. The molecule has 1 heterocycles. The summed E-state index contributed by atoms with van der Waals surface area (Å²) in [6.45, 7) is 3.96. The number of rotatable bonds is 11. The summed E-state index contributed by atoms with van der Waals surface area (Å²) in [4.78, 5) is 29.6. The molecule has 2 aromatic rings. The Morgan fingerprint density at radius 2 is 1.73 bits per heavy atom. The minimum absolute atomic E-state index is 0.00344. The Morgan fingerprint density at radius 1 is 1.02 bits per heavy atom. The summed E-state index contributed by atoms with van der Waals surface area (Å²) in [5.41, 5.74) is 1.04. The van der Waals surface area contributed by atoms with Gasteiger partial charge >= 0.3 is 5.97 Å². The van der Waals surface area contributed by atoms with E-state index in [1.54, 1.807) is 38.1 Å². The minimum atomic E-state index is -4.97. The second-order valence-electron chi connectivity index (χ2n) is 10.1. The third-order valence-electron chi connectivity index (χ3n) is 7.17. The molecule has 2 unspecified atom stereocenters. The molecule has 0 spiro atoms. The maximum atomic E-state index is 13.7. The molecule has 0 saturated heterocycles. The number of fused-ring (bicyclic) bond motifs is 2. The second-order valence-corrected chi connectivity index (χ2v) is 13.0. The smallest absolute Gasteiger partial charge is 0.303 e. The zero-order valence-corrected chi connectivity index (χ0v) is 25.9. The van der Waals surface area contributed by atoms with Crippen molar-refractivity contribution in [3.8, 4) is 5.75 Å². The number of hydrogen-bond donors (Lipinski definition) is 4. The summed E-state index contributed by atoms with van der Waals surface area (Å²) in [6.07, 6.45) is 1.51. The van der Waals surface area contributed by atoms with Crippen LogP contribution in [-0.4, -0.2) is 91.6 Å². The fourth-order valence-corrected chi connectivity index (χ4v) is 7.16. The molecule has 0 saturated carbocycles. The van der Waals surface area contributed by atoms with E-state index in [1.807, 2.05) is 0 Å². The van der Waals surface area contributed by atoms with Crippen molar-refractivity contribution < 1.29 is 45.4 Å². The van der Waals surface area contributed by atoms with Gasteiger partial charge < -0.3 is 20.1 Å². The predicted molar refractivity (Wildman–Crippen MR) is 164 cm³/mol. The number of amides is 1. The number of aliphatic imine (C=N–C) groups is 1. The summed E-state index contributed by atoms with van der Waals surface area (Å²) >= 11 is 0. The Labute approximate surface area is 255 Å². The quantitative estimate of drug-likeness (QED) is 0.261. The lowest BCUT2D eigenvalue weighted by Gasteiger charge is -2.37. The molecule has 0 bridgehead atoms. The number of allylic oxidation sites excluding steroid dienone is 1. The number of carboxylic acids is 1. The molecule has 2 aliphatic rings. The molecule has 2 atom stereocenters. The monoisotopic (exact) mass is 647 g/mol. The van der Waals surface area contributed by atoms with Gasteiger partial charge in [-0.3, -0.25) is 23.7 Å². The minimum Gasteiger partial charge on any atom is -0.482 e. The molecule has 4 rings (SSSR count). The maximum absolute atomic E-state index is 13.7. The normalized spacial score (nSPS) is 18.8. The number of benzene rings is 2. The van der Waals surface area contributed by atoms with Crippen molar-refractivity contribution in [1.29, 1.82) is 0 Å². The number of nitrogens with one attached hydrogen (secondary N) is 1. The summed E-state index contributed by atoms with van der Waals surface area (Å²) in [6, 6.07) is 9.36. The molecular weight excluding hydrogens is 614 g/mol. The van der Waals surface area contributed by atoms with Gasteiger partial charge in [0.2, 0.25) is 0 Å². The molecule has 0 aromatic heterocycles. The van der Waals surface area contributed by atoms with Gasteiger partial charge in [0.15, 0.2) is 15.9 Å². The lowest BCUT2D eigenvalue weighted by atomic mass is 9.82. The van der Waals surface area contributed by atoms with Gasteiger partial charge in [-0.15, -0.1) is 0 Å². The fourth-order valence-electron chi connectivity index (χ4n) is 5.38. The highest BCUT2D eigenvalue weighted by molar-refractivity contribution is 7.87. The molecular formula is C29H33N3O10S2. The Kier molecular flexibility index (Phi) is 9.63. The number of anilines is 1. The first-order valence-electron chi connectivity index (χ1n) is 13.8. The molecule has 1 aliphatic heterocycles. The molecule has 15 heteroatoms. The van der Waals surface area contributed by atoms with Crippen LogP contribution in [0.25, 0.3) is 5.57 Å². The standard InChI is InChI=1S/C29H33N3O10S2/c1-4-30-21-14-12-19-24(17-9-6-7-10-18(17)29(35)32(3)16-8-11-23(33)34)20-13-15-22(31-5-2)28(44(39,40)41)26(20)42-25(19)27(21)43(36,37)38/h6-7,9-10,12-15,25,27,31H,4-5,8,11,16H2,1-3H3,(H,33,34)(H,36,37,38)(H,39,40,41). The molecule has 1 amide bonds. The van der Waals surface area contributed by atoms with Crippen molar-refractivity contribution >= 4 is 49.1 Å². The SMILES string of the molecule is CCN=C1C=CC2=C(c3ccccc3C(=O)N(C)CCCC(=O)O)c3ccc(NCC)c(S(=O)(=O)O)c3OC2C1S(=O)(=O)O. The molecule has 0 radical (unpaired) electrons. The van der Waals surface area contributed by atoms with Crippen molar-refractivity contribution in [3.05, 3.63) is 70.8 Å². The van der Waals surface area contributed by atoms with Crippen molar-refractivity contribution in [3.63, 3.8) is 0 Å². The van der Waals surface area contributed by atoms with Crippen LogP contribution in [0.5, 0.6) is 5.75 Å². The van der Waals surface area contributed by atoms with Crippen LogP contribution in [0, 0.1) is 0 Å². The zero-order valence-electron chi connectivity index (χ0n) is 24.2. The van der Waals surface area contributed by atoms with Crippen molar-refractivity contribution in [2.75, 3.05) is 32.0 Å². The Morgan fingerprint density at radius 3 is 2.34 bits per heavy atom. The molecule has 0 fully saturated rings. The van der Waals surface area contributed by atoms with Crippen molar-refractivity contribution in [1.82, 2.24) is 4.90 Å². The van der Waals surface area contributed by atoms with Crippen molar-refractivity contribution in [2.24, 2.45) is 4.99 Å². The van der Waals surface area contributed by atoms with Gasteiger partial charge in [0, 0.05) is 55.4 Å². The number of carbonyl (C=O) groups excluding carboxylic acids is 1. The Bertz CT molecular complexity index is 1800. The van der Waals surface area contributed by atoms with Crippen LogP contribution in [0.2, 0.25) is 0 Å². The summed E-state index contributed by atoms with van der Waals surface area (Å²) in [5.74, 6) is -1.84. The Hall–Kier alpha value is -4.05. The van der Waals surface area contributed by atoms with Crippen LogP contribution in [-0.2, 0) is 25.0 Å². The summed E-state index contributed by atoms with van der Waals surface area (Å²) in [7, 11) is -8.35. The van der Waals surface area contributed by atoms with Gasteiger partial charge in [-0.2, -0.15) is 16.8 Å². The lowest BCUT2D eigenvalue weighted by molar-refractivity contribution is -0.137. The highest BCUT2D eigenvalue weighted by Crippen LogP contribution is 2.48. The van der Waals surface area contributed by atoms with Gasteiger partial charge in [-0.05, 0) is 50.1 Å². The molecule has 44 heavy (non-hydrogen) atoms. The van der Waals surface area contributed by atoms with Gasteiger partial charge in [0.05, 0.1) is 11.4 Å². The van der Waals surface area contributed by atoms with Gasteiger partial charge in [0.25, 0.3) is 26.1 Å². The van der Waals surface area contributed by atoms with Crippen LogP contribution < -0.4 is 10.1 Å². The number of carbonyl (C=O) groups is 2. The maximum Gasteiger partial charge on any atom is 0.303 e. The summed E-state index contributed by atoms with van der Waals surface area (Å²) < 4.78 is 78.0. The van der Waals surface area contributed by atoms with Crippen LogP contribution in [0.4, 0.5) is 5.69 Å². The number of hydrogen-bond acceptors (Lipinski definition) is 9. The van der Waals surface area contributed by atoms with E-state index >= 15 is 0 Å². The van der Waals surface area contributed by atoms with Crippen LogP contribution >= 0.6 is 0 Å². The average molecular weight is 648 g/mol. The first-order chi connectivity index (χ1) is 20.7. The fraction of sp³-hybridized carbons (Fsp3) is 0.345. The molecule has 236 valence electrons. The Balaban J connectivity index is 2.06. The van der Waals surface area contributed by atoms with Crippen LogP contribution in [0.15, 0.2) is 64.0 Å². The first kappa shape index (κ1) is 32.9. The lowest BCUT2D eigenvalue weighted by Crippen LogP contribution is -2.48. The second kappa shape index (κ2) is 12.9. The van der Waals surface area contributed by atoms with E-state index < -0.39 is 48.4 Å². The van der Waals surface area contributed by atoms with E-state index in [0.717, 1.165) is 0 Å². The highest BCUT2D eigenvalue weighted by Gasteiger charge is 2.47. The topological polar surface area (TPSA) is 200 Å². The van der Waals surface area contributed by atoms with E-state index in [9.17, 15) is 35.5 Å². The number of ether oxygens (including phenoxy) is 1. The molecule has 4 N–H and O–H groups in total.